The maximum absolute atomic E-state index is 11.9. The third-order valence-corrected chi connectivity index (χ3v) is 4.75. The van der Waals surface area contributed by atoms with Crippen molar-refractivity contribution in [3.8, 4) is 16.9 Å². The van der Waals surface area contributed by atoms with Crippen LogP contribution in [0.5, 0.6) is 5.75 Å². The predicted octanol–water partition coefficient (Wildman–Crippen LogP) is 5.13. The monoisotopic (exact) mass is 344 g/mol. The number of ether oxygens (including phenoxy) is 1. The molecule has 4 nitrogen and oxygen atoms in total. The van der Waals surface area contributed by atoms with Crippen molar-refractivity contribution in [2.45, 2.75) is 25.9 Å². The molecule has 4 rings (SSSR count). The van der Waals surface area contributed by atoms with E-state index in [4.69, 9.17) is 4.74 Å². The first-order chi connectivity index (χ1) is 12.7. The molecule has 0 amide bonds. The van der Waals surface area contributed by atoms with Crippen LogP contribution in [0, 0.1) is 16.2 Å². The number of nitrogens with zero attached hydrogens (tertiary/aromatic N) is 1. The van der Waals surface area contributed by atoms with Crippen LogP contribution in [0.1, 0.15) is 23.1 Å². The number of fused-ring (bicyclic) bond motifs is 1. The Morgan fingerprint density at radius 2 is 1.96 bits per heavy atom. The molecule has 129 valence electrons. The minimum atomic E-state index is -0.291. The van der Waals surface area contributed by atoms with E-state index in [-0.39, 0.29) is 10.6 Å². The van der Waals surface area contributed by atoms with E-state index >= 15 is 0 Å². The molecule has 0 saturated heterocycles. The minimum Gasteiger partial charge on any atom is -0.482 e. The van der Waals surface area contributed by atoms with Gasteiger partial charge >= 0.3 is 5.69 Å². The highest BCUT2D eigenvalue weighted by Crippen LogP contribution is 2.45. The minimum absolute atomic E-state index is 0.120. The van der Waals surface area contributed by atoms with Crippen molar-refractivity contribution in [3.63, 3.8) is 0 Å². The second-order valence-corrected chi connectivity index (χ2v) is 6.42. The molecule has 3 aromatic carbocycles. The SMILES string of the molecule is O=[N+]([O-])c1c2c(cc(-c3c[c]ccc3)c1OCc1ccccc1)CCC2. The summed E-state index contributed by atoms with van der Waals surface area (Å²) in [6.07, 6.45) is 2.55. The molecule has 26 heavy (non-hydrogen) atoms. The number of hydrogen-bond acceptors (Lipinski definition) is 3. The fourth-order valence-electron chi connectivity index (χ4n) is 3.55. The van der Waals surface area contributed by atoms with E-state index < -0.39 is 0 Å². The number of rotatable bonds is 5. The fraction of sp³-hybridized carbons (Fsp3) is 0.182. The predicted molar refractivity (Wildman–Crippen MR) is 100 cm³/mol. The Morgan fingerprint density at radius 1 is 1.12 bits per heavy atom. The van der Waals surface area contributed by atoms with Crippen molar-refractivity contribution in [2.24, 2.45) is 0 Å². The van der Waals surface area contributed by atoms with E-state index in [0.29, 0.717) is 12.4 Å². The average Bonchev–Trinajstić information content (AvgIpc) is 3.14. The van der Waals surface area contributed by atoms with Crippen LogP contribution in [0.15, 0.2) is 60.7 Å². The van der Waals surface area contributed by atoms with Crippen LogP contribution in [-0.2, 0) is 19.4 Å². The molecule has 3 aromatic rings. The van der Waals surface area contributed by atoms with Gasteiger partial charge < -0.3 is 4.74 Å². The summed E-state index contributed by atoms with van der Waals surface area (Å²) in [7, 11) is 0. The Hall–Kier alpha value is -3.14. The molecular weight excluding hydrogens is 326 g/mol. The lowest BCUT2D eigenvalue weighted by atomic mass is 9.97. The van der Waals surface area contributed by atoms with Gasteiger partial charge in [-0.25, -0.2) is 0 Å². The number of nitro benzene ring substituents is 1. The smallest absolute Gasteiger partial charge is 0.315 e. The summed E-state index contributed by atoms with van der Waals surface area (Å²) < 4.78 is 6.04. The van der Waals surface area contributed by atoms with Gasteiger partial charge in [0.05, 0.1) is 4.92 Å². The van der Waals surface area contributed by atoms with Gasteiger partial charge in [0.15, 0.2) is 0 Å². The molecule has 4 heteroatoms. The van der Waals surface area contributed by atoms with E-state index in [0.717, 1.165) is 47.1 Å². The second-order valence-electron chi connectivity index (χ2n) is 6.42. The van der Waals surface area contributed by atoms with Crippen LogP contribution in [0.2, 0.25) is 0 Å². The molecule has 1 aliphatic rings. The standard InChI is InChI=1S/C22H18NO3/c24-23(25)21-19-13-7-12-18(19)14-20(17-10-5-2-6-11-17)22(21)26-15-16-8-3-1-4-9-16/h1-5,8-11,14H,7,12-13,15H2. The first-order valence-corrected chi connectivity index (χ1v) is 8.70. The topological polar surface area (TPSA) is 52.4 Å². The zero-order valence-electron chi connectivity index (χ0n) is 14.3. The van der Waals surface area contributed by atoms with Crippen LogP contribution in [0.25, 0.3) is 11.1 Å². The lowest BCUT2D eigenvalue weighted by Gasteiger charge is -2.15. The van der Waals surface area contributed by atoms with Crippen LogP contribution in [-0.4, -0.2) is 4.92 Å². The number of nitro groups is 1. The van der Waals surface area contributed by atoms with Crippen molar-refractivity contribution in [2.75, 3.05) is 0 Å². The van der Waals surface area contributed by atoms with Crippen LogP contribution in [0.4, 0.5) is 5.69 Å². The van der Waals surface area contributed by atoms with E-state index in [9.17, 15) is 10.1 Å². The molecule has 0 spiro atoms. The largest absolute Gasteiger partial charge is 0.482 e. The molecule has 1 aliphatic carbocycles. The maximum atomic E-state index is 11.9. The Bertz CT molecular complexity index is 937. The van der Waals surface area contributed by atoms with Gasteiger partial charge in [-0.2, -0.15) is 0 Å². The molecule has 0 atom stereocenters. The second kappa shape index (κ2) is 7.00. The normalized spacial score (nSPS) is 12.6. The summed E-state index contributed by atoms with van der Waals surface area (Å²) in [4.78, 5) is 11.6. The van der Waals surface area contributed by atoms with Gasteiger partial charge in [0, 0.05) is 11.1 Å². The van der Waals surface area contributed by atoms with Gasteiger partial charge in [0.2, 0.25) is 5.75 Å². The first-order valence-electron chi connectivity index (χ1n) is 8.70. The van der Waals surface area contributed by atoms with Gasteiger partial charge in [0.25, 0.3) is 0 Å². The molecule has 0 heterocycles. The van der Waals surface area contributed by atoms with Crippen LogP contribution < -0.4 is 4.74 Å². The Kier molecular flexibility index (Phi) is 4.40. The van der Waals surface area contributed by atoms with Crippen LogP contribution >= 0.6 is 0 Å². The third kappa shape index (κ3) is 3.06. The number of benzene rings is 3. The van der Waals surface area contributed by atoms with Crippen LogP contribution in [0.3, 0.4) is 0 Å². The quantitative estimate of drug-likeness (QED) is 0.476. The summed E-state index contributed by atoms with van der Waals surface area (Å²) in [6, 6.07) is 22.3. The summed E-state index contributed by atoms with van der Waals surface area (Å²) >= 11 is 0. The average molecular weight is 344 g/mol. The number of aryl methyl sites for hydroxylation is 1. The van der Waals surface area contributed by atoms with E-state index in [1.165, 1.54) is 0 Å². The zero-order valence-corrected chi connectivity index (χ0v) is 14.3. The molecule has 0 bridgehead atoms. The summed E-state index contributed by atoms with van der Waals surface area (Å²) in [5.74, 6) is 0.360. The zero-order chi connectivity index (χ0) is 17.9. The molecule has 0 N–H and O–H groups in total. The summed E-state index contributed by atoms with van der Waals surface area (Å²) in [5.41, 5.74) is 4.63. The van der Waals surface area contributed by atoms with Crippen molar-refractivity contribution in [1.82, 2.24) is 0 Å². The molecule has 0 aromatic heterocycles. The molecule has 0 saturated carbocycles. The molecule has 1 radical (unpaired) electrons. The van der Waals surface area contributed by atoms with Gasteiger partial charge in [0.1, 0.15) is 6.61 Å². The van der Waals surface area contributed by atoms with E-state index in [1.54, 1.807) is 0 Å². The Labute approximate surface area is 152 Å². The van der Waals surface area contributed by atoms with Gasteiger partial charge in [-0.3, -0.25) is 10.1 Å². The highest BCUT2D eigenvalue weighted by atomic mass is 16.6. The fourth-order valence-corrected chi connectivity index (χ4v) is 3.55. The van der Waals surface area contributed by atoms with Gasteiger partial charge in [-0.15, -0.1) is 0 Å². The van der Waals surface area contributed by atoms with Crippen molar-refractivity contribution in [3.05, 3.63) is 93.5 Å². The molecule has 0 unspecified atom stereocenters. The Morgan fingerprint density at radius 3 is 2.69 bits per heavy atom. The highest BCUT2D eigenvalue weighted by molar-refractivity contribution is 5.79. The summed E-state index contributed by atoms with van der Waals surface area (Å²) in [5, 5.41) is 11.9. The molecular formula is C22H18NO3. The van der Waals surface area contributed by atoms with Crippen molar-refractivity contribution in [1.29, 1.82) is 0 Å². The van der Waals surface area contributed by atoms with E-state index in [2.05, 4.69) is 12.1 Å². The highest BCUT2D eigenvalue weighted by Gasteiger charge is 2.30. The number of hydrogen-bond donors (Lipinski definition) is 0. The first kappa shape index (κ1) is 16.3. The van der Waals surface area contributed by atoms with Gasteiger partial charge in [-0.05, 0) is 54.2 Å². The molecule has 0 fully saturated rings. The van der Waals surface area contributed by atoms with Crippen molar-refractivity contribution < 1.29 is 9.66 Å². The lowest BCUT2D eigenvalue weighted by molar-refractivity contribution is -0.386. The van der Waals surface area contributed by atoms with Gasteiger partial charge in [-0.1, -0.05) is 48.5 Å². The third-order valence-electron chi connectivity index (χ3n) is 4.75. The Balaban J connectivity index is 1.84. The van der Waals surface area contributed by atoms with Crippen molar-refractivity contribution >= 4 is 5.69 Å². The van der Waals surface area contributed by atoms with E-state index in [1.807, 2.05) is 54.6 Å². The maximum Gasteiger partial charge on any atom is 0.315 e. The molecule has 0 aliphatic heterocycles. The lowest BCUT2D eigenvalue weighted by Crippen LogP contribution is -2.04. The summed E-state index contributed by atoms with van der Waals surface area (Å²) in [6.45, 7) is 0.296.